The summed E-state index contributed by atoms with van der Waals surface area (Å²) in [5.41, 5.74) is 3.27. The molecular formula is C25H35N3O4S. The van der Waals surface area contributed by atoms with Crippen LogP contribution < -0.4 is 9.62 Å². The van der Waals surface area contributed by atoms with Gasteiger partial charge in [-0.05, 0) is 42.5 Å². The fourth-order valence-corrected chi connectivity index (χ4v) is 4.39. The van der Waals surface area contributed by atoms with E-state index in [1.165, 1.54) is 11.9 Å². The zero-order chi connectivity index (χ0) is 25.0. The third kappa shape index (κ3) is 7.05. The van der Waals surface area contributed by atoms with Crippen LogP contribution in [-0.4, -0.2) is 51.0 Å². The van der Waals surface area contributed by atoms with Crippen molar-refractivity contribution < 1.29 is 18.0 Å². The lowest BCUT2D eigenvalue weighted by molar-refractivity contribution is -0.139. The molecule has 0 aromatic heterocycles. The van der Waals surface area contributed by atoms with Gasteiger partial charge in [0.05, 0.1) is 11.9 Å². The van der Waals surface area contributed by atoms with E-state index in [4.69, 9.17) is 0 Å². The lowest BCUT2D eigenvalue weighted by Gasteiger charge is -2.31. The summed E-state index contributed by atoms with van der Waals surface area (Å²) < 4.78 is 26.3. The minimum absolute atomic E-state index is 0.0855. The van der Waals surface area contributed by atoms with Crippen LogP contribution in [-0.2, 0) is 31.6 Å². The minimum Gasteiger partial charge on any atom is -0.357 e. The van der Waals surface area contributed by atoms with E-state index in [0.717, 1.165) is 27.3 Å². The van der Waals surface area contributed by atoms with Crippen LogP contribution in [0.5, 0.6) is 0 Å². The summed E-state index contributed by atoms with van der Waals surface area (Å²) >= 11 is 0. The molecule has 2 amide bonds. The Morgan fingerprint density at radius 2 is 1.67 bits per heavy atom. The molecule has 180 valence electrons. The SMILES string of the molecule is CNC(=O)[C@@H](C)N(Cc1cccc(C)c1)C(=O)CN(c1ccc(C(C)(C)C)cc1)S(C)(=O)=O. The number of likely N-dealkylation sites (N-methyl/N-ethyl adjacent to an activating group) is 1. The highest BCUT2D eigenvalue weighted by Gasteiger charge is 2.29. The van der Waals surface area contributed by atoms with E-state index < -0.39 is 28.5 Å². The van der Waals surface area contributed by atoms with Gasteiger partial charge in [-0.15, -0.1) is 0 Å². The lowest BCUT2D eigenvalue weighted by atomic mass is 9.87. The molecule has 0 aliphatic carbocycles. The monoisotopic (exact) mass is 473 g/mol. The van der Waals surface area contributed by atoms with Crippen LogP contribution in [0.25, 0.3) is 0 Å². The third-order valence-corrected chi connectivity index (χ3v) is 6.69. The first-order valence-corrected chi connectivity index (χ1v) is 12.7. The van der Waals surface area contributed by atoms with Crippen molar-refractivity contribution >= 4 is 27.5 Å². The fourth-order valence-electron chi connectivity index (χ4n) is 3.54. The Hall–Kier alpha value is -2.87. The first-order valence-electron chi connectivity index (χ1n) is 10.9. The number of sulfonamides is 1. The van der Waals surface area contributed by atoms with Crippen LogP contribution in [0.15, 0.2) is 48.5 Å². The predicted molar refractivity (Wildman–Crippen MR) is 133 cm³/mol. The molecule has 1 atom stereocenters. The average molecular weight is 474 g/mol. The van der Waals surface area contributed by atoms with Gasteiger partial charge in [0.2, 0.25) is 21.8 Å². The van der Waals surface area contributed by atoms with Crippen molar-refractivity contribution in [3.63, 3.8) is 0 Å². The molecule has 1 N–H and O–H groups in total. The van der Waals surface area contributed by atoms with Crippen LogP contribution in [0.3, 0.4) is 0 Å². The van der Waals surface area contributed by atoms with Gasteiger partial charge in [0.15, 0.2) is 0 Å². The number of anilines is 1. The van der Waals surface area contributed by atoms with E-state index >= 15 is 0 Å². The molecule has 0 unspecified atom stereocenters. The van der Waals surface area contributed by atoms with Gasteiger partial charge in [0.25, 0.3) is 0 Å². The number of hydrogen-bond acceptors (Lipinski definition) is 4. The zero-order valence-corrected chi connectivity index (χ0v) is 21.4. The molecule has 0 aliphatic heterocycles. The number of carbonyl (C=O) groups is 2. The van der Waals surface area contributed by atoms with Gasteiger partial charge in [-0.2, -0.15) is 0 Å². The number of rotatable bonds is 8. The largest absolute Gasteiger partial charge is 0.357 e. The second-order valence-corrected chi connectivity index (χ2v) is 11.3. The molecule has 0 radical (unpaired) electrons. The zero-order valence-electron chi connectivity index (χ0n) is 20.5. The molecule has 0 bridgehead atoms. The maximum atomic E-state index is 13.4. The lowest BCUT2D eigenvalue weighted by Crippen LogP contribution is -2.50. The first-order chi connectivity index (χ1) is 15.2. The number of amides is 2. The Morgan fingerprint density at radius 3 is 2.15 bits per heavy atom. The number of aryl methyl sites for hydroxylation is 1. The predicted octanol–water partition coefficient (Wildman–Crippen LogP) is 3.22. The van der Waals surface area contributed by atoms with Gasteiger partial charge in [-0.25, -0.2) is 8.42 Å². The molecule has 7 nitrogen and oxygen atoms in total. The van der Waals surface area contributed by atoms with Crippen molar-refractivity contribution in [2.24, 2.45) is 0 Å². The summed E-state index contributed by atoms with van der Waals surface area (Å²) in [6, 6.07) is 14.0. The van der Waals surface area contributed by atoms with Crippen molar-refractivity contribution in [2.45, 2.75) is 52.6 Å². The highest BCUT2D eigenvalue weighted by molar-refractivity contribution is 7.92. The minimum atomic E-state index is -3.74. The number of nitrogens with one attached hydrogen (secondary N) is 1. The van der Waals surface area contributed by atoms with E-state index in [-0.39, 0.29) is 17.9 Å². The summed E-state index contributed by atoms with van der Waals surface area (Å²) in [5.74, 6) is -0.783. The van der Waals surface area contributed by atoms with Crippen molar-refractivity contribution in [2.75, 3.05) is 24.2 Å². The Bertz CT molecular complexity index is 1090. The van der Waals surface area contributed by atoms with Crippen LogP contribution in [0.1, 0.15) is 44.4 Å². The first kappa shape index (κ1) is 26.4. The molecule has 0 fully saturated rings. The van der Waals surface area contributed by atoms with Crippen molar-refractivity contribution in [1.29, 1.82) is 0 Å². The Balaban J connectivity index is 2.39. The number of nitrogens with zero attached hydrogens (tertiary/aromatic N) is 2. The van der Waals surface area contributed by atoms with E-state index in [2.05, 4.69) is 26.1 Å². The number of carbonyl (C=O) groups excluding carboxylic acids is 2. The molecule has 2 aromatic rings. The average Bonchev–Trinajstić information content (AvgIpc) is 2.73. The Labute approximate surface area is 197 Å². The molecule has 8 heteroatoms. The molecule has 0 saturated heterocycles. The van der Waals surface area contributed by atoms with Gasteiger partial charge in [0.1, 0.15) is 12.6 Å². The number of benzene rings is 2. The van der Waals surface area contributed by atoms with Crippen LogP contribution in [0.4, 0.5) is 5.69 Å². The van der Waals surface area contributed by atoms with Crippen LogP contribution in [0.2, 0.25) is 0 Å². The molecule has 0 spiro atoms. The second kappa shape index (κ2) is 10.4. The van der Waals surface area contributed by atoms with Gasteiger partial charge >= 0.3 is 0 Å². The summed E-state index contributed by atoms with van der Waals surface area (Å²) in [6.45, 7) is 9.59. The van der Waals surface area contributed by atoms with E-state index in [9.17, 15) is 18.0 Å². The van der Waals surface area contributed by atoms with Gasteiger partial charge in [0, 0.05) is 13.6 Å². The van der Waals surface area contributed by atoms with E-state index in [0.29, 0.717) is 5.69 Å². The molecule has 2 rings (SSSR count). The van der Waals surface area contributed by atoms with Crippen LogP contribution in [0, 0.1) is 6.92 Å². The quantitative estimate of drug-likeness (QED) is 0.638. The molecule has 0 saturated carbocycles. The summed E-state index contributed by atoms with van der Waals surface area (Å²) in [6.07, 6.45) is 1.07. The topological polar surface area (TPSA) is 86.8 Å². The maximum absolute atomic E-state index is 13.4. The molecule has 2 aromatic carbocycles. The Kier molecular flexibility index (Phi) is 8.30. The third-order valence-electron chi connectivity index (χ3n) is 5.55. The van der Waals surface area contributed by atoms with Crippen molar-refractivity contribution in [3.8, 4) is 0 Å². The number of hydrogen-bond donors (Lipinski definition) is 1. The summed E-state index contributed by atoms with van der Waals surface area (Å²) in [4.78, 5) is 27.2. The Morgan fingerprint density at radius 1 is 1.06 bits per heavy atom. The van der Waals surface area contributed by atoms with Gasteiger partial charge < -0.3 is 10.2 Å². The molecular weight excluding hydrogens is 438 g/mol. The highest BCUT2D eigenvalue weighted by Crippen LogP contribution is 2.26. The summed E-state index contributed by atoms with van der Waals surface area (Å²) in [7, 11) is -2.23. The molecule has 0 aliphatic rings. The summed E-state index contributed by atoms with van der Waals surface area (Å²) in [5, 5.41) is 2.57. The van der Waals surface area contributed by atoms with Crippen LogP contribution >= 0.6 is 0 Å². The molecule has 0 heterocycles. The van der Waals surface area contributed by atoms with Crippen molar-refractivity contribution in [3.05, 3.63) is 65.2 Å². The standard InChI is InChI=1S/C25H35N3O4S/c1-18-9-8-10-20(15-18)16-27(19(2)24(30)26-6)23(29)17-28(33(7,31)32)22-13-11-21(12-14-22)25(3,4)5/h8-15,19H,16-17H2,1-7H3,(H,26,30)/t19-/m1/s1. The van der Waals surface area contributed by atoms with Crippen molar-refractivity contribution in [1.82, 2.24) is 10.2 Å². The highest BCUT2D eigenvalue weighted by atomic mass is 32.2. The van der Waals surface area contributed by atoms with E-state index in [1.807, 2.05) is 43.3 Å². The second-order valence-electron chi connectivity index (χ2n) is 9.37. The normalized spacial score (nSPS) is 12.7. The maximum Gasteiger partial charge on any atom is 0.244 e. The smallest absolute Gasteiger partial charge is 0.244 e. The molecule has 33 heavy (non-hydrogen) atoms. The van der Waals surface area contributed by atoms with E-state index in [1.54, 1.807) is 19.1 Å². The van der Waals surface area contributed by atoms with Gasteiger partial charge in [-0.3, -0.25) is 13.9 Å². The fraction of sp³-hybridized carbons (Fsp3) is 0.440. The van der Waals surface area contributed by atoms with Gasteiger partial charge in [-0.1, -0.05) is 62.7 Å².